The Morgan fingerprint density at radius 3 is 2.54 bits per heavy atom. The standard InChI is InChI=1S/C21H30N2O3/c24-20-13-12-17(16-23(20)18-8-4-1-2-5-9-18)21(25)22-14-15-26-19-10-6-3-7-11-19/h3,6-7,10-11,17-18H,1-2,4-5,8-9,12-16H2,(H,22,25)/t17-/m0/s1. The highest BCUT2D eigenvalue weighted by Gasteiger charge is 2.34. The monoisotopic (exact) mass is 358 g/mol. The second kappa shape index (κ2) is 9.60. The summed E-state index contributed by atoms with van der Waals surface area (Å²) in [5.74, 6) is 0.998. The molecule has 142 valence electrons. The number of rotatable bonds is 6. The average molecular weight is 358 g/mol. The molecule has 0 aromatic heterocycles. The van der Waals surface area contributed by atoms with E-state index in [-0.39, 0.29) is 17.7 Å². The molecule has 1 saturated heterocycles. The van der Waals surface area contributed by atoms with Crippen LogP contribution in [0.25, 0.3) is 0 Å². The van der Waals surface area contributed by atoms with Crippen LogP contribution in [0.3, 0.4) is 0 Å². The van der Waals surface area contributed by atoms with E-state index in [1.54, 1.807) is 0 Å². The molecule has 1 aromatic carbocycles. The molecule has 1 aliphatic heterocycles. The van der Waals surface area contributed by atoms with Gasteiger partial charge < -0.3 is 15.0 Å². The van der Waals surface area contributed by atoms with Gasteiger partial charge in [-0.2, -0.15) is 0 Å². The van der Waals surface area contributed by atoms with E-state index in [4.69, 9.17) is 4.74 Å². The summed E-state index contributed by atoms with van der Waals surface area (Å²) in [4.78, 5) is 26.9. The minimum atomic E-state index is -0.0901. The van der Waals surface area contributed by atoms with Gasteiger partial charge in [-0.3, -0.25) is 9.59 Å². The zero-order valence-electron chi connectivity index (χ0n) is 15.5. The van der Waals surface area contributed by atoms with Crippen molar-refractivity contribution in [3.63, 3.8) is 0 Å². The summed E-state index contributed by atoms with van der Waals surface area (Å²) in [6.07, 6.45) is 8.26. The van der Waals surface area contributed by atoms with Crippen LogP contribution in [0.5, 0.6) is 5.75 Å². The van der Waals surface area contributed by atoms with Crippen LogP contribution in [0.2, 0.25) is 0 Å². The minimum absolute atomic E-state index is 0.0489. The first-order chi connectivity index (χ1) is 12.7. The Kier molecular flexibility index (Phi) is 6.92. The van der Waals surface area contributed by atoms with Crippen molar-refractivity contribution in [2.24, 2.45) is 5.92 Å². The van der Waals surface area contributed by atoms with Crippen LogP contribution in [-0.2, 0) is 9.59 Å². The molecule has 1 atom stereocenters. The Morgan fingerprint density at radius 1 is 1.08 bits per heavy atom. The van der Waals surface area contributed by atoms with Gasteiger partial charge in [0.25, 0.3) is 0 Å². The molecular weight excluding hydrogens is 328 g/mol. The number of ether oxygens (including phenoxy) is 1. The number of benzene rings is 1. The number of piperidine rings is 1. The largest absolute Gasteiger partial charge is 0.492 e. The second-order valence-corrected chi connectivity index (χ2v) is 7.38. The number of carbonyl (C=O) groups is 2. The molecule has 2 fully saturated rings. The van der Waals surface area contributed by atoms with Gasteiger partial charge in [-0.05, 0) is 31.4 Å². The number of amides is 2. The molecule has 1 aliphatic carbocycles. The number of hydrogen-bond acceptors (Lipinski definition) is 3. The normalized spacial score (nSPS) is 21.9. The van der Waals surface area contributed by atoms with Gasteiger partial charge in [0.15, 0.2) is 0 Å². The quantitative estimate of drug-likeness (QED) is 0.628. The van der Waals surface area contributed by atoms with Gasteiger partial charge in [0.2, 0.25) is 11.8 Å². The summed E-state index contributed by atoms with van der Waals surface area (Å²) in [6, 6.07) is 9.93. The number of para-hydroxylation sites is 1. The van der Waals surface area contributed by atoms with Gasteiger partial charge >= 0.3 is 0 Å². The van der Waals surface area contributed by atoms with E-state index in [1.165, 1.54) is 25.7 Å². The molecule has 3 rings (SSSR count). The third kappa shape index (κ3) is 5.23. The maximum Gasteiger partial charge on any atom is 0.225 e. The maximum atomic E-state index is 12.5. The van der Waals surface area contributed by atoms with Gasteiger partial charge in [0.1, 0.15) is 12.4 Å². The van der Waals surface area contributed by atoms with Crippen molar-refractivity contribution >= 4 is 11.8 Å². The lowest BCUT2D eigenvalue weighted by molar-refractivity contribution is -0.141. The third-order valence-electron chi connectivity index (χ3n) is 5.49. The molecule has 0 radical (unpaired) electrons. The van der Waals surface area contributed by atoms with E-state index >= 15 is 0 Å². The summed E-state index contributed by atoms with van der Waals surface area (Å²) in [5.41, 5.74) is 0. The zero-order chi connectivity index (χ0) is 18.2. The lowest BCUT2D eigenvalue weighted by Gasteiger charge is -2.37. The minimum Gasteiger partial charge on any atom is -0.492 e. The molecule has 0 unspecified atom stereocenters. The van der Waals surface area contributed by atoms with Gasteiger partial charge in [0, 0.05) is 19.0 Å². The zero-order valence-corrected chi connectivity index (χ0v) is 15.5. The highest BCUT2D eigenvalue weighted by molar-refractivity contribution is 5.84. The highest BCUT2D eigenvalue weighted by Crippen LogP contribution is 2.27. The Morgan fingerprint density at radius 2 is 1.81 bits per heavy atom. The van der Waals surface area contributed by atoms with Gasteiger partial charge in [-0.15, -0.1) is 0 Å². The van der Waals surface area contributed by atoms with E-state index in [9.17, 15) is 9.59 Å². The first-order valence-electron chi connectivity index (χ1n) is 9.99. The summed E-state index contributed by atoms with van der Waals surface area (Å²) in [6.45, 7) is 1.52. The van der Waals surface area contributed by atoms with Gasteiger partial charge in [-0.25, -0.2) is 0 Å². The van der Waals surface area contributed by atoms with Crippen molar-refractivity contribution in [1.29, 1.82) is 0 Å². The number of hydrogen-bond donors (Lipinski definition) is 1. The van der Waals surface area contributed by atoms with Crippen LogP contribution in [0.1, 0.15) is 51.4 Å². The highest BCUT2D eigenvalue weighted by atomic mass is 16.5. The average Bonchev–Trinajstić information content (AvgIpc) is 2.95. The Balaban J connectivity index is 1.44. The molecule has 1 heterocycles. The fraction of sp³-hybridized carbons (Fsp3) is 0.619. The Labute approximate surface area is 156 Å². The molecular formula is C21H30N2O3. The number of nitrogens with one attached hydrogen (secondary N) is 1. The van der Waals surface area contributed by atoms with Gasteiger partial charge in [-0.1, -0.05) is 43.9 Å². The van der Waals surface area contributed by atoms with Crippen molar-refractivity contribution in [1.82, 2.24) is 10.2 Å². The number of likely N-dealkylation sites (tertiary alicyclic amines) is 1. The molecule has 5 nitrogen and oxygen atoms in total. The lowest BCUT2D eigenvalue weighted by Crippen LogP contribution is -2.50. The number of nitrogens with zero attached hydrogens (tertiary/aromatic N) is 1. The van der Waals surface area contributed by atoms with Crippen molar-refractivity contribution in [3.8, 4) is 5.75 Å². The molecule has 2 aliphatic rings. The van der Waals surface area contributed by atoms with Crippen molar-refractivity contribution in [2.75, 3.05) is 19.7 Å². The van der Waals surface area contributed by atoms with E-state index < -0.39 is 0 Å². The fourth-order valence-corrected chi connectivity index (χ4v) is 4.01. The molecule has 1 aromatic rings. The van der Waals surface area contributed by atoms with Crippen LogP contribution in [-0.4, -0.2) is 42.5 Å². The van der Waals surface area contributed by atoms with Crippen LogP contribution in [0.15, 0.2) is 30.3 Å². The molecule has 0 bridgehead atoms. The molecule has 26 heavy (non-hydrogen) atoms. The topological polar surface area (TPSA) is 58.6 Å². The van der Waals surface area contributed by atoms with Gasteiger partial charge in [0.05, 0.1) is 12.5 Å². The number of carbonyl (C=O) groups excluding carboxylic acids is 2. The molecule has 1 N–H and O–H groups in total. The smallest absolute Gasteiger partial charge is 0.225 e. The maximum absolute atomic E-state index is 12.5. The predicted octanol–water partition coefficient (Wildman–Crippen LogP) is 3.14. The van der Waals surface area contributed by atoms with E-state index in [2.05, 4.69) is 5.32 Å². The van der Waals surface area contributed by atoms with E-state index in [0.29, 0.717) is 38.6 Å². The summed E-state index contributed by atoms with van der Waals surface area (Å²) in [7, 11) is 0. The van der Waals surface area contributed by atoms with E-state index in [0.717, 1.165) is 18.6 Å². The van der Waals surface area contributed by atoms with Crippen molar-refractivity contribution in [2.45, 2.75) is 57.4 Å². The molecule has 0 spiro atoms. The third-order valence-corrected chi connectivity index (χ3v) is 5.49. The van der Waals surface area contributed by atoms with Crippen LogP contribution in [0, 0.1) is 5.92 Å². The first-order valence-corrected chi connectivity index (χ1v) is 9.99. The lowest BCUT2D eigenvalue weighted by atomic mass is 9.93. The first kappa shape index (κ1) is 18.7. The van der Waals surface area contributed by atoms with Crippen LogP contribution in [0.4, 0.5) is 0 Å². The fourth-order valence-electron chi connectivity index (χ4n) is 4.01. The Hall–Kier alpha value is -2.04. The van der Waals surface area contributed by atoms with Crippen LogP contribution >= 0.6 is 0 Å². The molecule has 1 saturated carbocycles. The molecule has 2 amide bonds. The van der Waals surface area contributed by atoms with E-state index in [1.807, 2.05) is 35.2 Å². The summed E-state index contributed by atoms with van der Waals surface area (Å²) >= 11 is 0. The SMILES string of the molecule is O=C(NCCOc1ccccc1)[C@H]1CCC(=O)N(C2CCCCCC2)C1. The summed E-state index contributed by atoms with van der Waals surface area (Å²) < 4.78 is 5.61. The van der Waals surface area contributed by atoms with Crippen LogP contribution < -0.4 is 10.1 Å². The predicted molar refractivity (Wildman–Crippen MR) is 101 cm³/mol. The Bertz CT molecular complexity index is 582. The van der Waals surface area contributed by atoms with Crippen molar-refractivity contribution in [3.05, 3.63) is 30.3 Å². The van der Waals surface area contributed by atoms with Crippen molar-refractivity contribution < 1.29 is 14.3 Å². The summed E-state index contributed by atoms with van der Waals surface area (Å²) in [5, 5.41) is 2.97. The second-order valence-electron chi connectivity index (χ2n) is 7.38. The molecule has 5 heteroatoms.